The lowest BCUT2D eigenvalue weighted by Gasteiger charge is -1.78. The van der Waals surface area contributed by atoms with Gasteiger partial charge >= 0.3 is 0 Å². The predicted molar refractivity (Wildman–Crippen MR) is 29.7 cm³/mol. The zero-order valence-electron chi connectivity index (χ0n) is 4.85. The van der Waals surface area contributed by atoms with Crippen LogP contribution in [-0.2, 0) is 0 Å². The molecule has 6 nitrogen and oxygen atoms in total. The summed E-state index contributed by atoms with van der Waals surface area (Å²) in [5.74, 6) is 0.557. The van der Waals surface area contributed by atoms with E-state index in [1.165, 1.54) is 12.6 Å². The highest BCUT2D eigenvalue weighted by Gasteiger charge is 2.02. The molecule has 0 aliphatic carbocycles. The van der Waals surface area contributed by atoms with E-state index in [1.807, 2.05) is 0 Å². The third kappa shape index (κ3) is 0.661. The smallest absolute Gasteiger partial charge is 0.179 e. The molecular weight excluding hydrogens is 134 g/mol. The second-order valence-electron chi connectivity index (χ2n) is 1.62. The molecule has 2 heterocycles. The lowest BCUT2D eigenvalue weighted by atomic mass is 10.5. The minimum Gasteiger partial charge on any atom is -0.345 e. The number of aromatic amines is 1. The first-order valence-corrected chi connectivity index (χ1v) is 2.59. The average molecular weight is 137 g/mol. The van der Waals surface area contributed by atoms with Crippen molar-refractivity contribution in [2.45, 2.75) is 0 Å². The first kappa shape index (κ1) is 5.10. The number of nitrogens with one attached hydrogen (secondary N) is 1. The molecule has 0 unspecified atom stereocenters. The molecule has 0 radical (unpaired) electrons. The molecule has 0 atom stereocenters. The maximum atomic E-state index is 4.49. The monoisotopic (exact) mass is 137 g/mol. The molecule has 50 valence electrons. The van der Waals surface area contributed by atoms with Gasteiger partial charge in [-0.05, 0) is 0 Å². The van der Waals surface area contributed by atoms with Crippen molar-refractivity contribution < 1.29 is 4.52 Å². The highest BCUT2D eigenvalue weighted by molar-refractivity contribution is 5.43. The minimum atomic E-state index is 0.553. The molecule has 6 heteroatoms. The van der Waals surface area contributed by atoms with Crippen LogP contribution in [0.2, 0.25) is 0 Å². The molecule has 0 saturated heterocycles. The molecular formula is C4H3N5O. The second-order valence-corrected chi connectivity index (χ2v) is 1.62. The fraction of sp³-hybridized carbons (Fsp3) is 0. The van der Waals surface area contributed by atoms with Gasteiger partial charge in [0.25, 0.3) is 0 Å². The third-order valence-electron chi connectivity index (χ3n) is 1.02. The van der Waals surface area contributed by atoms with Crippen molar-refractivity contribution in [3.8, 4) is 11.5 Å². The largest absolute Gasteiger partial charge is 0.345 e. The summed E-state index contributed by atoms with van der Waals surface area (Å²) in [7, 11) is 0. The molecule has 0 aliphatic rings. The van der Waals surface area contributed by atoms with E-state index >= 15 is 0 Å². The van der Waals surface area contributed by atoms with Crippen molar-refractivity contribution in [3.63, 3.8) is 0 Å². The Morgan fingerprint density at radius 2 is 2.50 bits per heavy atom. The fourth-order valence-electron chi connectivity index (χ4n) is 0.597. The molecule has 0 spiro atoms. The average Bonchev–Trinajstić information content (AvgIpc) is 2.59. The summed E-state index contributed by atoms with van der Waals surface area (Å²) in [6, 6.07) is 0. The molecule has 0 bridgehead atoms. The second kappa shape index (κ2) is 1.90. The van der Waals surface area contributed by atoms with Gasteiger partial charge in [0.1, 0.15) is 6.33 Å². The van der Waals surface area contributed by atoms with E-state index in [4.69, 9.17) is 0 Å². The Morgan fingerprint density at radius 3 is 3.10 bits per heavy atom. The highest BCUT2D eigenvalue weighted by Crippen LogP contribution is 2.06. The van der Waals surface area contributed by atoms with Gasteiger partial charge in [0.15, 0.2) is 17.8 Å². The lowest BCUT2D eigenvalue weighted by molar-refractivity contribution is 0.393. The number of hydrogen-bond donors (Lipinski definition) is 1. The van der Waals surface area contributed by atoms with Crippen LogP contribution in [0.15, 0.2) is 17.1 Å². The van der Waals surface area contributed by atoms with Crippen molar-refractivity contribution >= 4 is 0 Å². The van der Waals surface area contributed by atoms with E-state index in [1.54, 1.807) is 0 Å². The Balaban J connectivity index is 2.48. The maximum Gasteiger partial charge on any atom is 0.179 e. The topological polar surface area (TPSA) is 80.5 Å². The van der Waals surface area contributed by atoms with E-state index in [2.05, 4.69) is 30.1 Å². The van der Waals surface area contributed by atoms with E-state index in [-0.39, 0.29) is 0 Å². The molecule has 0 aliphatic heterocycles. The number of rotatable bonds is 1. The summed E-state index contributed by atoms with van der Waals surface area (Å²) in [5.41, 5.74) is 0.553. The van der Waals surface area contributed by atoms with Gasteiger partial charge in [0.05, 0.1) is 0 Å². The Kier molecular flexibility index (Phi) is 0.970. The molecule has 2 aromatic heterocycles. The molecule has 0 fully saturated rings. The van der Waals surface area contributed by atoms with E-state index in [9.17, 15) is 0 Å². The van der Waals surface area contributed by atoms with Crippen LogP contribution >= 0.6 is 0 Å². The maximum absolute atomic E-state index is 4.49. The van der Waals surface area contributed by atoms with Crippen LogP contribution in [-0.4, -0.2) is 25.6 Å². The summed E-state index contributed by atoms with van der Waals surface area (Å²) < 4.78 is 4.49. The predicted octanol–water partition coefficient (Wildman–Crippen LogP) is -0.145. The van der Waals surface area contributed by atoms with Gasteiger partial charge in [-0.1, -0.05) is 0 Å². The standard InChI is InChI=1S/C4H3N5O/c1-3(7-9-10-1)4-5-2-6-8-4/h1-2H,(H,5,6,8). The SMILES string of the molecule is c1n[nH]c(-c2conn2)n1. The van der Waals surface area contributed by atoms with Crippen LogP contribution < -0.4 is 0 Å². The lowest BCUT2D eigenvalue weighted by Crippen LogP contribution is -1.79. The van der Waals surface area contributed by atoms with Gasteiger partial charge in [-0.3, -0.25) is 5.10 Å². The Labute approximate surface area is 55.3 Å². The quantitative estimate of drug-likeness (QED) is 0.591. The molecule has 2 rings (SSSR count). The van der Waals surface area contributed by atoms with Crippen molar-refractivity contribution in [3.05, 3.63) is 12.6 Å². The summed E-state index contributed by atoms with van der Waals surface area (Å²) >= 11 is 0. The van der Waals surface area contributed by atoms with Crippen LogP contribution in [0.5, 0.6) is 0 Å². The molecule has 0 saturated carbocycles. The first-order valence-electron chi connectivity index (χ1n) is 2.59. The van der Waals surface area contributed by atoms with Crippen molar-refractivity contribution in [2.75, 3.05) is 0 Å². The van der Waals surface area contributed by atoms with Gasteiger partial charge in [-0.15, -0.1) is 5.10 Å². The van der Waals surface area contributed by atoms with Crippen LogP contribution in [0.25, 0.3) is 11.5 Å². The fourth-order valence-corrected chi connectivity index (χ4v) is 0.597. The van der Waals surface area contributed by atoms with Crippen molar-refractivity contribution in [1.82, 2.24) is 25.6 Å². The minimum absolute atomic E-state index is 0.553. The normalized spacial score (nSPS) is 10.0. The molecule has 0 aromatic carbocycles. The number of nitrogens with zero attached hydrogens (tertiary/aromatic N) is 4. The third-order valence-corrected chi connectivity index (χ3v) is 1.02. The molecule has 2 aromatic rings. The van der Waals surface area contributed by atoms with Gasteiger partial charge in [0.2, 0.25) is 0 Å². The zero-order valence-corrected chi connectivity index (χ0v) is 4.85. The van der Waals surface area contributed by atoms with Crippen LogP contribution in [0.1, 0.15) is 0 Å². The van der Waals surface area contributed by atoms with Gasteiger partial charge in [-0.2, -0.15) is 5.10 Å². The molecule has 1 N–H and O–H groups in total. The van der Waals surface area contributed by atoms with Gasteiger partial charge in [-0.25, -0.2) is 4.98 Å². The Hall–Kier alpha value is -1.72. The Bertz CT molecular complexity index is 253. The van der Waals surface area contributed by atoms with Crippen molar-refractivity contribution in [1.29, 1.82) is 0 Å². The van der Waals surface area contributed by atoms with Crippen molar-refractivity contribution in [2.24, 2.45) is 0 Å². The summed E-state index contributed by atoms with van der Waals surface area (Å²) in [5, 5.41) is 13.1. The van der Waals surface area contributed by atoms with E-state index < -0.39 is 0 Å². The molecule has 0 amide bonds. The number of H-pyrrole nitrogens is 1. The van der Waals surface area contributed by atoms with E-state index in [0.29, 0.717) is 11.5 Å². The van der Waals surface area contributed by atoms with Crippen LogP contribution in [0, 0.1) is 0 Å². The summed E-state index contributed by atoms with van der Waals surface area (Å²) in [6.45, 7) is 0. The number of hydrogen-bond acceptors (Lipinski definition) is 5. The summed E-state index contributed by atoms with van der Waals surface area (Å²) in [4.78, 5) is 3.83. The van der Waals surface area contributed by atoms with Crippen LogP contribution in [0.4, 0.5) is 0 Å². The zero-order chi connectivity index (χ0) is 6.81. The molecule has 10 heavy (non-hydrogen) atoms. The van der Waals surface area contributed by atoms with Crippen LogP contribution in [0.3, 0.4) is 0 Å². The highest BCUT2D eigenvalue weighted by atomic mass is 16.5. The Morgan fingerprint density at radius 1 is 1.50 bits per heavy atom. The van der Waals surface area contributed by atoms with E-state index in [0.717, 1.165) is 0 Å². The van der Waals surface area contributed by atoms with Gasteiger partial charge < -0.3 is 4.52 Å². The van der Waals surface area contributed by atoms with Gasteiger partial charge in [0, 0.05) is 5.27 Å². The summed E-state index contributed by atoms with van der Waals surface area (Å²) in [6.07, 6.45) is 2.78. The first-order chi connectivity index (χ1) is 4.97. The number of aromatic nitrogens is 5.